The fraction of sp³-hybridized carbons (Fsp3) is 0.429. The Balaban J connectivity index is 1.45. The lowest BCUT2D eigenvalue weighted by Gasteiger charge is -2.22. The number of ether oxygens (including phenoxy) is 1. The lowest BCUT2D eigenvalue weighted by atomic mass is 9.98. The molecule has 3 rings (SSSR count). The van der Waals surface area contributed by atoms with E-state index in [9.17, 15) is 0 Å². The molecule has 0 bridgehead atoms. The molecular weight excluding hydrogens is 296 g/mol. The zero-order valence-electron chi connectivity index (χ0n) is 14.6. The summed E-state index contributed by atoms with van der Waals surface area (Å²) in [5.74, 6) is 1.75. The van der Waals surface area contributed by atoms with Gasteiger partial charge in [0.1, 0.15) is 12.4 Å². The van der Waals surface area contributed by atoms with Crippen molar-refractivity contribution in [3.63, 3.8) is 0 Å². The summed E-state index contributed by atoms with van der Waals surface area (Å²) < 4.78 is 5.93. The Hall–Kier alpha value is -1.84. The normalized spacial score (nSPS) is 15.4. The van der Waals surface area contributed by atoms with E-state index < -0.39 is 0 Å². The van der Waals surface area contributed by atoms with E-state index >= 15 is 0 Å². The monoisotopic (exact) mass is 324 g/mol. The largest absolute Gasteiger partial charge is 0.489 e. The standard InChI is InChI=1S/C21H28N2O/c1-17-5-7-19(8-6-17)16-24-21-4-2-3-20(13-21)15-23-14-18-9-11-22-12-10-18/h2-8,13,18,22-23H,9-12,14-16H2,1H3. The van der Waals surface area contributed by atoms with Crippen LogP contribution in [0.5, 0.6) is 5.75 Å². The second kappa shape index (κ2) is 8.86. The smallest absolute Gasteiger partial charge is 0.120 e. The molecule has 2 aromatic rings. The lowest BCUT2D eigenvalue weighted by Crippen LogP contribution is -2.33. The topological polar surface area (TPSA) is 33.3 Å². The Bertz CT molecular complexity index is 618. The molecule has 2 aromatic carbocycles. The molecule has 1 saturated heterocycles. The molecule has 1 fully saturated rings. The molecule has 0 atom stereocenters. The maximum absolute atomic E-state index is 5.93. The van der Waals surface area contributed by atoms with Crippen LogP contribution in [0, 0.1) is 12.8 Å². The fourth-order valence-electron chi connectivity index (χ4n) is 3.10. The third kappa shape index (κ3) is 5.36. The lowest BCUT2D eigenvalue weighted by molar-refractivity contribution is 0.305. The van der Waals surface area contributed by atoms with Gasteiger partial charge in [0, 0.05) is 6.54 Å². The van der Waals surface area contributed by atoms with E-state index in [2.05, 4.69) is 60.0 Å². The number of rotatable bonds is 7. The molecule has 24 heavy (non-hydrogen) atoms. The molecule has 1 aliphatic heterocycles. The molecule has 0 spiro atoms. The van der Waals surface area contributed by atoms with Crippen LogP contribution < -0.4 is 15.4 Å². The van der Waals surface area contributed by atoms with Gasteiger partial charge in [-0.2, -0.15) is 0 Å². The Morgan fingerprint density at radius 2 is 1.83 bits per heavy atom. The quantitative estimate of drug-likeness (QED) is 0.815. The number of nitrogens with one attached hydrogen (secondary N) is 2. The minimum atomic E-state index is 0.617. The highest BCUT2D eigenvalue weighted by Gasteiger charge is 2.11. The maximum atomic E-state index is 5.93. The van der Waals surface area contributed by atoms with Crippen molar-refractivity contribution in [3.05, 3.63) is 65.2 Å². The van der Waals surface area contributed by atoms with E-state index in [0.717, 1.165) is 37.8 Å². The van der Waals surface area contributed by atoms with Gasteiger partial charge >= 0.3 is 0 Å². The first-order valence-corrected chi connectivity index (χ1v) is 8.98. The molecule has 128 valence electrons. The zero-order valence-corrected chi connectivity index (χ0v) is 14.6. The van der Waals surface area contributed by atoms with Crippen LogP contribution in [0.3, 0.4) is 0 Å². The van der Waals surface area contributed by atoms with Crippen molar-refractivity contribution in [3.8, 4) is 5.75 Å². The first-order chi connectivity index (χ1) is 11.8. The van der Waals surface area contributed by atoms with Gasteiger partial charge in [0.25, 0.3) is 0 Å². The van der Waals surface area contributed by atoms with Gasteiger partial charge in [-0.05, 0) is 68.6 Å². The van der Waals surface area contributed by atoms with Gasteiger partial charge in [-0.1, -0.05) is 42.0 Å². The highest BCUT2D eigenvalue weighted by Crippen LogP contribution is 2.16. The molecule has 0 unspecified atom stereocenters. The fourth-order valence-corrected chi connectivity index (χ4v) is 3.10. The Labute approximate surface area is 145 Å². The molecule has 0 aliphatic carbocycles. The Kier molecular flexibility index (Phi) is 6.27. The highest BCUT2D eigenvalue weighted by molar-refractivity contribution is 5.29. The summed E-state index contributed by atoms with van der Waals surface area (Å²) in [4.78, 5) is 0. The van der Waals surface area contributed by atoms with Gasteiger partial charge in [0.05, 0.1) is 0 Å². The molecule has 0 aromatic heterocycles. The van der Waals surface area contributed by atoms with Crippen molar-refractivity contribution in [2.24, 2.45) is 5.92 Å². The molecule has 2 N–H and O–H groups in total. The third-order valence-electron chi connectivity index (χ3n) is 4.65. The van der Waals surface area contributed by atoms with Crippen molar-refractivity contribution in [2.45, 2.75) is 32.9 Å². The zero-order chi connectivity index (χ0) is 16.6. The van der Waals surface area contributed by atoms with Crippen LogP contribution >= 0.6 is 0 Å². The number of hydrogen-bond donors (Lipinski definition) is 2. The number of piperidine rings is 1. The number of hydrogen-bond acceptors (Lipinski definition) is 3. The Morgan fingerprint density at radius 1 is 1.04 bits per heavy atom. The van der Waals surface area contributed by atoms with Gasteiger partial charge in [-0.15, -0.1) is 0 Å². The van der Waals surface area contributed by atoms with Gasteiger partial charge in [0.15, 0.2) is 0 Å². The predicted molar refractivity (Wildman–Crippen MR) is 99.3 cm³/mol. The molecule has 0 saturated carbocycles. The van der Waals surface area contributed by atoms with E-state index in [-0.39, 0.29) is 0 Å². The van der Waals surface area contributed by atoms with Gasteiger partial charge < -0.3 is 15.4 Å². The van der Waals surface area contributed by atoms with E-state index in [0.29, 0.717) is 6.61 Å². The molecular formula is C21H28N2O. The summed E-state index contributed by atoms with van der Waals surface area (Å²) in [5.41, 5.74) is 3.76. The Morgan fingerprint density at radius 3 is 2.62 bits per heavy atom. The third-order valence-corrected chi connectivity index (χ3v) is 4.65. The minimum absolute atomic E-state index is 0.617. The van der Waals surface area contributed by atoms with E-state index in [1.54, 1.807) is 0 Å². The van der Waals surface area contributed by atoms with Crippen molar-refractivity contribution < 1.29 is 4.74 Å². The summed E-state index contributed by atoms with van der Waals surface area (Å²) >= 11 is 0. The van der Waals surface area contributed by atoms with Crippen LogP contribution in [0.15, 0.2) is 48.5 Å². The van der Waals surface area contributed by atoms with Crippen molar-refractivity contribution in [1.82, 2.24) is 10.6 Å². The first-order valence-electron chi connectivity index (χ1n) is 8.98. The summed E-state index contributed by atoms with van der Waals surface area (Å²) in [5, 5.41) is 7.01. The SMILES string of the molecule is Cc1ccc(COc2cccc(CNCC3CCNCC3)c2)cc1. The molecule has 1 aliphatic rings. The van der Waals surface area contributed by atoms with Crippen LogP contribution in [-0.2, 0) is 13.2 Å². The van der Waals surface area contributed by atoms with E-state index in [4.69, 9.17) is 4.74 Å². The summed E-state index contributed by atoms with van der Waals surface area (Å²) in [6.07, 6.45) is 2.57. The number of benzene rings is 2. The maximum Gasteiger partial charge on any atom is 0.120 e. The summed E-state index contributed by atoms with van der Waals surface area (Å²) in [6, 6.07) is 16.9. The highest BCUT2D eigenvalue weighted by atomic mass is 16.5. The van der Waals surface area contributed by atoms with Crippen molar-refractivity contribution in [2.75, 3.05) is 19.6 Å². The average molecular weight is 324 g/mol. The first kappa shape index (κ1) is 17.0. The van der Waals surface area contributed by atoms with E-state index in [1.165, 1.54) is 29.5 Å². The van der Waals surface area contributed by atoms with Crippen molar-refractivity contribution >= 4 is 0 Å². The molecule has 3 nitrogen and oxygen atoms in total. The van der Waals surface area contributed by atoms with Crippen LogP contribution in [-0.4, -0.2) is 19.6 Å². The van der Waals surface area contributed by atoms with E-state index in [1.807, 2.05) is 6.07 Å². The molecule has 3 heteroatoms. The second-order valence-electron chi connectivity index (χ2n) is 6.75. The number of aryl methyl sites for hydroxylation is 1. The van der Waals surface area contributed by atoms with Crippen LogP contribution in [0.4, 0.5) is 0 Å². The summed E-state index contributed by atoms with van der Waals surface area (Å²) in [6.45, 7) is 7.06. The second-order valence-corrected chi connectivity index (χ2v) is 6.75. The van der Waals surface area contributed by atoms with Crippen molar-refractivity contribution in [1.29, 1.82) is 0 Å². The van der Waals surface area contributed by atoms with Crippen LogP contribution in [0.1, 0.15) is 29.5 Å². The van der Waals surface area contributed by atoms with Gasteiger partial charge in [-0.25, -0.2) is 0 Å². The molecule has 1 heterocycles. The van der Waals surface area contributed by atoms with Crippen LogP contribution in [0.2, 0.25) is 0 Å². The predicted octanol–water partition coefficient (Wildman–Crippen LogP) is 3.66. The minimum Gasteiger partial charge on any atom is -0.489 e. The summed E-state index contributed by atoms with van der Waals surface area (Å²) in [7, 11) is 0. The average Bonchev–Trinajstić information content (AvgIpc) is 2.63. The van der Waals surface area contributed by atoms with Crippen LogP contribution in [0.25, 0.3) is 0 Å². The molecule has 0 amide bonds. The van der Waals surface area contributed by atoms with Gasteiger partial charge in [-0.3, -0.25) is 0 Å². The molecule has 0 radical (unpaired) electrons. The van der Waals surface area contributed by atoms with Gasteiger partial charge in [0.2, 0.25) is 0 Å².